The molecule has 0 atom stereocenters. The van der Waals surface area contributed by atoms with Gasteiger partial charge in [0.1, 0.15) is 0 Å². The Labute approximate surface area is 251 Å². The van der Waals surface area contributed by atoms with Gasteiger partial charge in [-0.25, -0.2) is 0 Å². The lowest BCUT2D eigenvalue weighted by molar-refractivity contribution is -0.144. The second-order valence-corrected chi connectivity index (χ2v) is 12.5. The molecule has 0 saturated carbocycles. The quantitative estimate of drug-likeness (QED) is 0.0572. The Hall–Kier alpha value is -0.610. The van der Waals surface area contributed by atoms with E-state index in [1.54, 1.807) is 0 Å². The first-order valence-electron chi connectivity index (χ1n) is 18.0. The molecule has 4 nitrogen and oxygen atoms in total. The molecule has 0 N–H and O–H groups in total. The van der Waals surface area contributed by atoms with Gasteiger partial charge in [0.05, 0.1) is 19.8 Å². The second-order valence-electron chi connectivity index (χ2n) is 12.5. The highest BCUT2D eigenvalue weighted by atomic mass is 16.5. The summed E-state index contributed by atoms with van der Waals surface area (Å²) in [4.78, 5) is 11.9. The topological polar surface area (TPSA) is 44.8 Å². The van der Waals surface area contributed by atoms with E-state index in [-0.39, 0.29) is 5.97 Å². The van der Waals surface area contributed by atoms with Crippen LogP contribution in [0.4, 0.5) is 0 Å². The number of carbonyl (C=O) groups excluding carboxylic acids is 1. The molecule has 0 saturated heterocycles. The normalized spacial score (nSPS) is 11.5. The molecule has 0 amide bonds. The van der Waals surface area contributed by atoms with Gasteiger partial charge >= 0.3 is 5.97 Å². The Morgan fingerprint density at radius 2 is 0.825 bits per heavy atom. The highest BCUT2D eigenvalue weighted by Gasteiger charge is 2.03. The van der Waals surface area contributed by atoms with Crippen LogP contribution in [0.3, 0.4) is 0 Å². The predicted molar refractivity (Wildman–Crippen MR) is 173 cm³/mol. The lowest BCUT2D eigenvalue weighted by Crippen LogP contribution is -2.09. The number of carbonyl (C=O) groups is 1. The molecule has 0 aliphatic heterocycles. The van der Waals surface area contributed by atoms with Crippen molar-refractivity contribution in [2.24, 2.45) is 5.92 Å². The molecule has 0 unspecified atom stereocenters. The molecule has 0 aromatic carbocycles. The minimum Gasteiger partial charge on any atom is -0.466 e. The van der Waals surface area contributed by atoms with Crippen LogP contribution in [0.5, 0.6) is 0 Å². The first-order chi connectivity index (χ1) is 19.7. The van der Waals surface area contributed by atoms with Crippen LogP contribution >= 0.6 is 0 Å². The van der Waals surface area contributed by atoms with Gasteiger partial charge in [0.2, 0.25) is 0 Å². The molecule has 0 heterocycles. The highest BCUT2D eigenvalue weighted by Crippen LogP contribution is 2.14. The third-order valence-electron chi connectivity index (χ3n) is 7.87. The van der Waals surface area contributed by atoms with Gasteiger partial charge in [0, 0.05) is 19.6 Å². The van der Waals surface area contributed by atoms with Gasteiger partial charge in [-0.3, -0.25) is 4.79 Å². The number of rotatable bonds is 34. The average molecular weight is 569 g/mol. The van der Waals surface area contributed by atoms with Crippen molar-refractivity contribution >= 4 is 5.97 Å². The molecule has 0 radical (unpaired) electrons. The summed E-state index contributed by atoms with van der Waals surface area (Å²) in [6.45, 7) is 10.2. The minimum absolute atomic E-state index is 0.0827. The highest BCUT2D eigenvalue weighted by molar-refractivity contribution is 5.69. The Morgan fingerprint density at radius 1 is 0.450 bits per heavy atom. The van der Waals surface area contributed by atoms with Gasteiger partial charge in [0.15, 0.2) is 0 Å². The van der Waals surface area contributed by atoms with Crippen LogP contribution in [-0.4, -0.2) is 39.0 Å². The van der Waals surface area contributed by atoms with E-state index < -0.39 is 0 Å². The van der Waals surface area contributed by atoms with Crippen molar-refractivity contribution in [2.75, 3.05) is 33.0 Å². The van der Waals surface area contributed by atoms with Crippen molar-refractivity contribution in [2.45, 2.75) is 188 Å². The summed E-state index contributed by atoms with van der Waals surface area (Å²) in [6, 6.07) is 0. The van der Waals surface area contributed by atoms with Gasteiger partial charge < -0.3 is 14.2 Å². The summed E-state index contributed by atoms with van der Waals surface area (Å²) in [6.07, 6.45) is 33.5. The Balaban J connectivity index is 3.15. The first kappa shape index (κ1) is 39.4. The molecule has 40 heavy (non-hydrogen) atoms. The van der Waals surface area contributed by atoms with E-state index in [2.05, 4.69) is 20.8 Å². The lowest BCUT2D eigenvalue weighted by atomic mass is 10.0. The van der Waals surface area contributed by atoms with Gasteiger partial charge in [-0.1, -0.05) is 162 Å². The fraction of sp³-hybridized carbons (Fsp3) is 0.972. The van der Waals surface area contributed by atoms with E-state index >= 15 is 0 Å². The van der Waals surface area contributed by atoms with Crippen molar-refractivity contribution in [3.8, 4) is 0 Å². The first-order valence-corrected chi connectivity index (χ1v) is 18.0. The smallest absolute Gasteiger partial charge is 0.305 e. The summed E-state index contributed by atoms with van der Waals surface area (Å²) in [7, 11) is 0. The Bertz CT molecular complexity index is 479. The summed E-state index contributed by atoms with van der Waals surface area (Å²) >= 11 is 0. The number of hydrogen-bond donors (Lipinski definition) is 0. The van der Waals surface area contributed by atoms with Crippen LogP contribution in [0.1, 0.15) is 188 Å². The summed E-state index contributed by atoms with van der Waals surface area (Å²) in [5.41, 5.74) is 0. The predicted octanol–water partition coefficient (Wildman–Crippen LogP) is 11.4. The summed E-state index contributed by atoms with van der Waals surface area (Å²) < 4.78 is 16.6. The average Bonchev–Trinajstić information content (AvgIpc) is 2.94. The van der Waals surface area contributed by atoms with Gasteiger partial charge in [-0.05, 0) is 25.2 Å². The minimum atomic E-state index is -0.0827. The van der Waals surface area contributed by atoms with Crippen LogP contribution in [0, 0.1) is 5.92 Å². The number of ether oxygens (including phenoxy) is 3. The van der Waals surface area contributed by atoms with E-state index in [1.165, 1.54) is 141 Å². The Morgan fingerprint density at radius 3 is 1.27 bits per heavy atom. The second kappa shape index (κ2) is 34.6. The molecule has 0 fully saturated rings. The van der Waals surface area contributed by atoms with Gasteiger partial charge in [-0.2, -0.15) is 0 Å². The fourth-order valence-electron chi connectivity index (χ4n) is 5.19. The van der Waals surface area contributed by atoms with Crippen molar-refractivity contribution in [1.82, 2.24) is 0 Å². The summed E-state index contributed by atoms with van der Waals surface area (Å²) in [5.74, 6) is 0.783. The van der Waals surface area contributed by atoms with E-state index in [0.717, 1.165) is 31.8 Å². The molecule has 240 valence electrons. The van der Waals surface area contributed by atoms with E-state index in [1.807, 2.05) is 0 Å². The van der Waals surface area contributed by atoms with Crippen molar-refractivity contribution < 1.29 is 19.0 Å². The van der Waals surface area contributed by atoms with Crippen molar-refractivity contribution in [1.29, 1.82) is 0 Å². The van der Waals surface area contributed by atoms with Crippen molar-refractivity contribution in [3.05, 3.63) is 0 Å². The maximum absolute atomic E-state index is 11.9. The zero-order valence-corrected chi connectivity index (χ0v) is 27.6. The molecule has 0 bridgehead atoms. The van der Waals surface area contributed by atoms with Gasteiger partial charge in [-0.15, -0.1) is 0 Å². The lowest BCUT2D eigenvalue weighted by Gasteiger charge is -2.07. The van der Waals surface area contributed by atoms with Crippen LogP contribution in [0.25, 0.3) is 0 Å². The zero-order chi connectivity index (χ0) is 29.2. The number of esters is 1. The molecule has 0 aromatic rings. The van der Waals surface area contributed by atoms with Crippen molar-refractivity contribution in [3.63, 3.8) is 0 Å². The van der Waals surface area contributed by atoms with Crippen LogP contribution < -0.4 is 0 Å². The SMILES string of the molecule is CCCCCCCCCCCCOCCOCCCC(=O)OCCCCCCCCCCCCCCCC(C)C. The van der Waals surface area contributed by atoms with E-state index in [0.29, 0.717) is 32.8 Å². The van der Waals surface area contributed by atoms with E-state index in [9.17, 15) is 4.79 Å². The molecule has 0 rings (SSSR count). The molecular formula is C36H72O4. The van der Waals surface area contributed by atoms with Gasteiger partial charge in [0.25, 0.3) is 0 Å². The van der Waals surface area contributed by atoms with Crippen LogP contribution in [-0.2, 0) is 19.0 Å². The largest absolute Gasteiger partial charge is 0.466 e. The maximum atomic E-state index is 11.9. The molecule has 4 heteroatoms. The fourth-order valence-corrected chi connectivity index (χ4v) is 5.19. The Kier molecular flexibility index (Phi) is 34.1. The van der Waals surface area contributed by atoms with Crippen LogP contribution in [0.2, 0.25) is 0 Å². The zero-order valence-electron chi connectivity index (χ0n) is 27.6. The third kappa shape index (κ3) is 35.4. The van der Waals surface area contributed by atoms with Crippen LogP contribution in [0.15, 0.2) is 0 Å². The number of unbranched alkanes of at least 4 members (excludes halogenated alkanes) is 21. The molecular weight excluding hydrogens is 496 g/mol. The molecule has 0 aliphatic carbocycles. The standard InChI is InChI=1S/C36H72O4/c1-4-5-6-7-8-9-16-19-22-25-30-38-33-34-39-31-27-29-36(37)40-32-26-23-20-17-14-12-10-11-13-15-18-21-24-28-35(2)3/h35H,4-34H2,1-3H3. The number of hydrogen-bond acceptors (Lipinski definition) is 4. The molecule has 0 spiro atoms. The molecule has 0 aliphatic rings. The maximum Gasteiger partial charge on any atom is 0.305 e. The summed E-state index contributed by atoms with van der Waals surface area (Å²) in [5, 5.41) is 0. The third-order valence-corrected chi connectivity index (χ3v) is 7.87. The monoisotopic (exact) mass is 569 g/mol. The van der Waals surface area contributed by atoms with E-state index in [4.69, 9.17) is 14.2 Å². The molecule has 0 aromatic heterocycles.